The second-order valence-electron chi connectivity index (χ2n) is 16.1. The van der Waals surface area contributed by atoms with E-state index in [2.05, 4.69) is 63.4 Å². The van der Waals surface area contributed by atoms with E-state index in [1.165, 1.54) is 43.1 Å². The monoisotopic (exact) mass is 1290 g/mol. The molecule has 7 rings (SSSR count). The van der Waals surface area contributed by atoms with Gasteiger partial charge in [0, 0.05) is 35.1 Å². The number of phenolic OH excluding ortho intramolecular Hbond substituents is 2. The summed E-state index contributed by atoms with van der Waals surface area (Å²) in [6, 6.07) is 15.1. The fourth-order valence-electron chi connectivity index (χ4n) is 7.10. The number of hydrogen-bond acceptors (Lipinski definition) is 25. The minimum absolute atomic E-state index is 0.0000140. The van der Waals surface area contributed by atoms with Crippen molar-refractivity contribution in [3.63, 3.8) is 0 Å². The maximum Gasteiger partial charge on any atom is 0.398 e. The number of sulfone groups is 1. The number of aryl methyl sites for hydroxylation is 1. The Morgan fingerprint density at radius 3 is 2.01 bits per heavy atom. The third-order valence-corrected chi connectivity index (χ3v) is 16.5. The van der Waals surface area contributed by atoms with Gasteiger partial charge in [-0.1, -0.05) is 0 Å². The number of amides is 1. The van der Waals surface area contributed by atoms with Crippen molar-refractivity contribution in [1.82, 2.24) is 15.0 Å². The molecular formula is C44H40Cl2N10O20S6. The molecule has 1 unspecified atom stereocenters. The van der Waals surface area contributed by atoms with Crippen molar-refractivity contribution in [2.75, 3.05) is 46.8 Å². The number of nitrogens with one attached hydrogen (secondary N) is 2. The number of phenols is 2. The highest BCUT2D eigenvalue weighted by atomic mass is 35.5. The van der Waals surface area contributed by atoms with Gasteiger partial charge in [-0.3, -0.25) is 27.2 Å². The van der Waals surface area contributed by atoms with Crippen LogP contribution >= 0.6 is 23.2 Å². The van der Waals surface area contributed by atoms with Gasteiger partial charge in [-0.25, -0.2) is 16.8 Å². The molecule has 1 heterocycles. The van der Waals surface area contributed by atoms with Crippen LogP contribution in [0, 0.1) is 6.92 Å². The molecule has 1 atom stereocenters. The molecule has 0 bridgehead atoms. The average Bonchev–Trinajstić information content (AvgIpc) is 3.59. The first-order valence-corrected chi connectivity index (χ1v) is 31.5. The van der Waals surface area contributed by atoms with Crippen molar-refractivity contribution in [3.8, 4) is 11.5 Å². The van der Waals surface area contributed by atoms with Crippen LogP contribution in [0.5, 0.6) is 11.5 Å². The van der Waals surface area contributed by atoms with Gasteiger partial charge in [-0.15, -0.1) is 40.1 Å². The lowest BCUT2D eigenvalue weighted by Crippen LogP contribution is -2.21. The molecule has 0 radical (unpaired) electrons. The lowest BCUT2D eigenvalue weighted by atomic mass is 10.0. The molecule has 0 aliphatic carbocycles. The van der Waals surface area contributed by atoms with Gasteiger partial charge >= 0.3 is 10.4 Å². The predicted octanol–water partition coefficient (Wildman–Crippen LogP) is 7.84. The largest absolute Gasteiger partial charge is 0.505 e. The van der Waals surface area contributed by atoms with E-state index in [0.717, 1.165) is 60.7 Å². The summed E-state index contributed by atoms with van der Waals surface area (Å²) < 4.78 is 182. The Balaban J connectivity index is 0.00000535. The molecule has 0 spiro atoms. The molecule has 0 aliphatic rings. The second kappa shape index (κ2) is 25.5. The van der Waals surface area contributed by atoms with Crippen LogP contribution in [0.4, 0.5) is 51.7 Å². The topological polar surface area (TPSA) is 460 Å². The normalized spacial score (nSPS) is 12.8. The zero-order valence-electron chi connectivity index (χ0n) is 41.5. The van der Waals surface area contributed by atoms with Gasteiger partial charge in [0.1, 0.15) is 32.6 Å². The highest BCUT2D eigenvalue weighted by molar-refractivity contribution is 7.92. The smallest absolute Gasteiger partial charge is 0.398 e. The zero-order valence-corrected chi connectivity index (χ0v) is 47.9. The molecular weight excluding hydrogens is 1250 g/mol. The summed E-state index contributed by atoms with van der Waals surface area (Å²) in [6.07, 6.45) is 0. The van der Waals surface area contributed by atoms with Crippen molar-refractivity contribution in [3.05, 3.63) is 109 Å². The molecule has 1 amide bonds. The summed E-state index contributed by atoms with van der Waals surface area (Å²) in [5.74, 6) is -5.13. The molecule has 6 aromatic carbocycles. The number of carbonyl (C=O) groups is 1. The van der Waals surface area contributed by atoms with E-state index in [9.17, 15) is 75.0 Å². The quantitative estimate of drug-likeness (QED) is 0.0147. The van der Waals surface area contributed by atoms with Crippen LogP contribution in [-0.2, 0) is 74.8 Å². The summed E-state index contributed by atoms with van der Waals surface area (Å²) >= 11 is 9.79. The number of fused-ring (bicyclic) bond motifs is 2. The summed E-state index contributed by atoms with van der Waals surface area (Å²) in [4.78, 5) is 23.4. The molecule has 436 valence electrons. The molecule has 1 aromatic heterocycles. The number of nitrogens with zero attached hydrogens (tertiary/aromatic N) is 8. The predicted molar refractivity (Wildman–Crippen MR) is 297 cm³/mol. The Morgan fingerprint density at radius 1 is 0.732 bits per heavy atom. The minimum atomic E-state index is -5.18. The molecule has 8 N–H and O–H groups in total. The lowest BCUT2D eigenvalue weighted by molar-refractivity contribution is -0.113. The first kappa shape index (κ1) is 63.9. The van der Waals surface area contributed by atoms with E-state index in [0.29, 0.717) is 0 Å². The van der Waals surface area contributed by atoms with Crippen LogP contribution in [-0.4, -0.2) is 127 Å². The number of halogens is 2. The van der Waals surface area contributed by atoms with Crippen LogP contribution in [0.25, 0.3) is 21.5 Å². The highest BCUT2D eigenvalue weighted by Crippen LogP contribution is 2.46. The van der Waals surface area contributed by atoms with Gasteiger partial charge in [-0.2, -0.15) is 53.7 Å². The Morgan fingerprint density at radius 2 is 1.39 bits per heavy atom. The van der Waals surface area contributed by atoms with E-state index in [-0.39, 0.29) is 74.0 Å². The van der Waals surface area contributed by atoms with E-state index in [1.54, 1.807) is 0 Å². The van der Waals surface area contributed by atoms with Crippen molar-refractivity contribution >= 4 is 164 Å². The number of aromatic nitrogens is 3. The molecule has 82 heavy (non-hydrogen) atoms. The Kier molecular flexibility index (Phi) is 19.8. The fraction of sp³-hybridized carbons (Fsp3) is 0.136. The van der Waals surface area contributed by atoms with Gasteiger partial charge in [0.15, 0.2) is 28.5 Å². The van der Waals surface area contributed by atoms with Crippen LogP contribution in [0.2, 0.25) is 5.28 Å². The molecule has 0 aliphatic heterocycles. The lowest BCUT2D eigenvalue weighted by Gasteiger charge is -2.19. The van der Waals surface area contributed by atoms with Crippen molar-refractivity contribution in [2.24, 2.45) is 20.5 Å². The standard InChI is InChI=1S/C42H36Cl2N10O20S6.C2H4/c1-21-13-23-15-28(77(61,62)63)18-31(35(23)39(57)36(21)52-51-30-17-25(5-10-32(30)78(64,65)66)45-34(55)19-75(58)73-12-11-43)46-41-47-40(44)48-42(49-41)54(2)26-6-9-29-22(14-26)16-33(79(67,68)69)37(38(29)56)53-50-24-3-7-27(8-4-24)76(59,60)20-74-80(70,71)72;1-2/h3-10,13-18,56-57H,11-12,19-20H2,1-2H3,(H,45,55)(H,61,62,63)(H,64,65,66)(H,67,68,69)(H,70,71,72)(H,46,47,48,49);1-2H2. The number of alkyl halides is 1. The van der Waals surface area contributed by atoms with Crippen LogP contribution in [0.3, 0.4) is 0 Å². The SMILES string of the molecule is C=C.Cc1cc2cc(S(=O)(=O)O)cc(Nc3nc(Cl)nc(N(C)c4ccc5c(O)c(N=Nc6ccc(S(=O)(=O)COS(=O)(=O)O)cc6)c(S(=O)(=O)O)cc5c4)n3)c2c(O)c1N=Nc1cc(NC(=O)CS(=O)OCCCl)ccc1S(=O)(=O)O. The fourth-order valence-corrected chi connectivity index (χ4v) is 11.6. The third-order valence-electron chi connectivity index (χ3n) is 10.6. The molecule has 30 nitrogen and oxygen atoms in total. The van der Waals surface area contributed by atoms with Crippen molar-refractivity contribution in [2.45, 2.75) is 26.5 Å². The number of hydrogen-bond donors (Lipinski definition) is 8. The van der Waals surface area contributed by atoms with Gasteiger partial charge in [-0.05, 0) is 120 Å². The maximum absolute atomic E-state index is 12.7. The van der Waals surface area contributed by atoms with Crippen LogP contribution in [0.15, 0.2) is 138 Å². The number of benzene rings is 6. The Bertz CT molecular complexity index is 4370. The molecule has 0 fully saturated rings. The summed E-state index contributed by atoms with van der Waals surface area (Å²) in [7, 11) is -23.3. The van der Waals surface area contributed by atoms with Gasteiger partial charge < -0.3 is 25.7 Å². The zero-order chi connectivity index (χ0) is 60.9. The minimum Gasteiger partial charge on any atom is -0.505 e. The molecule has 0 saturated carbocycles. The van der Waals surface area contributed by atoms with E-state index in [1.807, 2.05) is 0 Å². The molecule has 7 aromatic rings. The Hall–Kier alpha value is -7.30. The number of azo groups is 2. The van der Waals surface area contributed by atoms with E-state index >= 15 is 0 Å². The number of rotatable bonds is 21. The summed E-state index contributed by atoms with van der Waals surface area (Å²) in [5.41, 5.74) is -1.96. The third kappa shape index (κ3) is 15.8. The summed E-state index contributed by atoms with van der Waals surface area (Å²) in [5, 5.41) is 42.9. The molecule has 38 heteroatoms. The number of carbonyl (C=O) groups excluding carboxylic acids is 1. The van der Waals surface area contributed by atoms with Crippen LogP contribution < -0.4 is 15.5 Å². The van der Waals surface area contributed by atoms with Crippen molar-refractivity contribution < 1.29 is 87.9 Å². The van der Waals surface area contributed by atoms with Gasteiger partial charge in [0.25, 0.3) is 30.4 Å². The summed E-state index contributed by atoms with van der Waals surface area (Å²) in [6.45, 7) is 7.28. The van der Waals surface area contributed by atoms with E-state index < -0.39 is 133 Å². The van der Waals surface area contributed by atoms with Crippen molar-refractivity contribution in [1.29, 1.82) is 0 Å². The number of anilines is 5. The number of aromatic hydroxyl groups is 2. The Labute approximate surface area is 478 Å². The first-order chi connectivity index (χ1) is 38.2. The highest BCUT2D eigenvalue weighted by Gasteiger charge is 2.26. The average molecular weight is 1290 g/mol. The van der Waals surface area contributed by atoms with Gasteiger partial charge in [0.05, 0.1) is 27.8 Å². The van der Waals surface area contributed by atoms with Crippen LogP contribution in [0.1, 0.15) is 5.56 Å². The first-order valence-electron chi connectivity index (χ1n) is 22.0. The molecule has 0 saturated heterocycles. The van der Waals surface area contributed by atoms with Gasteiger partial charge in [0.2, 0.25) is 32.9 Å². The van der Waals surface area contributed by atoms with E-state index in [4.69, 9.17) is 31.9 Å². The maximum atomic E-state index is 12.7. The second-order valence-corrected chi connectivity index (χ2v) is 25.2.